The Balaban J connectivity index is 1.70. The number of rotatable bonds is 10. The van der Waals surface area contributed by atoms with Crippen LogP contribution in [0.25, 0.3) is 11.8 Å². The van der Waals surface area contributed by atoms with Gasteiger partial charge >= 0.3 is 12.1 Å². The molecule has 1 aromatic heterocycles. The highest BCUT2D eigenvalue weighted by molar-refractivity contribution is 5.87. The molecule has 2 N–H and O–H groups in total. The summed E-state index contributed by atoms with van der Waals surface area (Å²) >= 11 is 0. The van der Waals surface area contributed by atoms with Gasteiger partial charge in [-0.05, 0) is 53.6 Å². The van der Waals surface area contributed by atoms with Crippen LogP contribution in [0.5, 0.6) is 17.2 Å². The summed E-state index contributed by atoms with van der Waals surface area (Å²) in [7, 11) is 6.35. The summed E-state index contributed by atoms with van der Waals surface area (Å²) < 4.78 is 58.9. The predicted molar refractivity (Wildman–Crippen MR) is 144 cm³/mol. The second kappa shape index (κ2) is 11.9. The lowest BCUT2D eigenvalue weighted by molar-refractivity contribution is -0.139. The van der Waals surface area contributed by atoms with Gasteiger partial charge in [0.2, 0.25) is 11.7 Å². The van der Waals surface area contributed by atoms with Crippen molar-refractivity contribution in [2.45, 2.75) is 25.2 Å². The zero-order chi connectivity index (χ0) is 29.9. The smallest absolute Gasteiger partial charge is 0.416 e. The van der Waals surface area contributed by atoms with Gasteiger partial charge in [-0.25, -0.2) is 4.79 Å². The van der Waals surface area contributed by atoms with Gasteiger partial charge in [-0.3, -0.25) is 4.79 Å². The van der Waals surface area contributed by atoms with Crippen molar-refractivity contribution in [2.24, 2.45) is 7.05 Å². The molecule has 9 nitrogen and oxygen atoms in total. The number of nitrogens with zero attached hydrogens (tertiary/aromatic N) is 2. The normalized spacial score (nSPS) is 15.5. The highest BCUT2D eigenvalue weighted by Gasteiger charge is 2.37. The molecule has 3 aromatic rings. The Bertz CT molecular complexity index is 1460. The first-order chi connectivity index (χ1) is 19.4. The van der Waals surface area contributed by atoms with E-state index >= 15 is 0 Å². The van der Waals surface area contributed by atoms with E-state index in [-0.39, 0.29) is 36.1 Å². The van der Waals surface area contributed by atoms with Crippen molar-refractivity contribution in [3.8, 4) is 17.2 Å². The van der Waals surface area contributed by atoms with E-state index in [0.29, 0.717) is 22.4 Å². The van der Waals surface area contributed by atoms with Crippen LogP contribution in [0, 0.1) is 0 Å². The summed E-state index contributed by atoms with van der Waals surface area (Å²) in [5, 5.41) is 11.9. The third kappa shape index (κ3) is 6.42. The Labute approximate surface area is 234 Å². The summed E-state index contributed by atoms with van der Waals surface area (Å²) in [6, 6.07) is 9.78. The molecule has 0 saturated carbocycles. The van der Waals surface area contributed by atoms with Gasteiger partial charge in [-0.2, -0.15) is 13.2 Å². The molecule has 0 saturated heterocycles. The number of aliphatic carboxylic acids is 1. The molecule has 0 fully saturated rings. The second-order valence-corrected chi connectivity index (χ2v) is 9.48. The van der Waals surface area contributed by atoms with Crippen molar-refractivity contribution in [2.75, 3.05) is 27.9 Å². The molecule has 1 atom stereocenters. The average molecular weight is 574 g/mol. The lowest BCUT2D eigenvalue weighted by Gasteiger charge is -2.24. The number of methoxy groups -OCH3 is 2. The maximum Gasteiger partial charge on any atom is 0.416 e. The monoisotopic (exact) mass is 573 g/mol. The molecular weight excluding hydrogens is 543 g/mol. The third-order valence-corrected chi connectivity index (χ3v) is 6.88. The summed E-state index contributed by atoms with van der Waals surface area (Å²) in [6.07, 6.45) is -1.03. The first-order valence-corrected chi connectivity index (χ1v) is 12.6. The van der Waals surface area contributed by atoms with Gasteiger partial charge in [0.15, 0.2) is 18.1 Å². The van der Waals surface area contributed by atoms with Crippen LogP contribution in [0.1, 0.15) is 40.4 Å². The molecule has 12 heteroatoms. The first kappa shape index (κ1) is 29.4. The van der Waals surface area contributed by atoms with Crippen LogP contribution in [0.3, 0.4) is 0 Å². The van der Waals surface area contributed by atoms with E-state index in [2.05, 4.69) is 5.32 Å². The minimum absolute atomic E-state index is 0.0683. The van der Waals surface area contributed by atoms with E-state index < -0.39 is 30.4 Å². The van der Waals surface area contributed by atoms with Crippen molar-refractivity contribution < 1.29 is 42.1 Å². The van der Waals surface area contributed by atoms with E-state index in [1.807, 2.05) is 29.9 Å². The molecule has 0 spiro atoms. The molecule has 41 heavy (non-hydrogen) atoms. The minimum Gasteiger partial charge on any atom is -0.493 e. The number of nitrogens with one attached hydrogen (secondary N) is 1. The van der Waals surface area contributed by atoms with Gasteiger partial charge in [0.05, 0.1) is 38.8 Å². The Morgan fingerprint density at radius 1 is 1.07 bits per heavy atom. The number of carboxylic acids is 1. The zero-order valence-corrected chi connectivity index (χ0v) is 22.9. The number of alkyl halides is 3. The lowest BCUT2D eigenvalue weighted by Crippen LogP contribution is -2.28. The van der Waals surface area contributed by atoms with Gasteiger partial charge < -0.3 is 34.1 Å². The number of hydrogen-bond acceptors (Lipinski definition) is 6. The maximum atomic E-state index is 13.6. The van der Waals surface area contributed by atoms with Crippen LogP contribution < -0.4 is 19.5 Å². The van der Waals surface area contributed by atoms with E-state index in [9.17, 15) is 22.8 Å². The standard InChI is InChI=1S/C29H30F3N3O6/c1-34-9-5-6-19(34)15-33-26(36)14-23-21-13-18(29(30,31)32)7-8-20(21)22(35(23)2)10-17-11-24(39-3)28(25(12-17)40-4)41-16-27(37)38/h5-13,23H,14-16H2,1-4H3,(H,33,36)(H,37,38)/b22-10+. The minimum atomic E-state index is -4.55. The van der Waals surface area contributed by atoms with Crippen LogP contribution in [0.4, 0.5) is 13.2 Å². The van der Waals surface area contributed by atoms with Crippen molar-refractivity contribution in [1.29, 1.82) is 0 Å². The van der Waals surface area contributed by atoms with Gasteiger partial charge in [-0.1, -0.05) is 6.07 Å². The van der Waals surface area contributed by atoms with Crippen LogP contribution in [0.2, 0.25) is 0 Å². The molecule has 0 bridgehead atoms. The molecule has 1 aliphatic heterocycles. The average Bonchev–Trinajstić information content (AvgIpc) is 3.45. The number of fused-ring (bicyclic) bond motifs is 1. The molecule has 2 heterocycles. The number of hydrogen-bond donors (Lipinski definition) is 2. The van der Waals surface area contributed by atoms with Gasteiger partial charge in [0, 0.05) is 37.2 Å². The van der Waals surface area contributed by atoms with Crippen LogP contribution in [0.15, 0.2) is 48.7 Å². The zero-order valence-electron chi connectivity index (χ0n) is 22.9. The molecule has 2 aromatic carbocycles. The fourth-order valence-electron chi connectivity index (χ4n) is 4.78. The number of carbonyl (C=O) groups excluding carboxylic acids is 1. The topological polar surface area (TPSA) is 102 Å². The molecule has 1 amide bonds. The van der Waals surface area contributed by atoms with Crippen LogP contribution in [-0.2, 0) is 29.4 Å². The van der Waals surface area contributed by atoms with Gasteiger partial charge in [0.25, 0.3) is 0 Å². The third-order valence-electron chi connectivity index (χ3n) is 6.88. The fourth-order valence-corrected chi connectivity index (χ4v) is 4.78. The molecule has 1 unspecified atom stereocenters. The number of aryl methyl sites for hydroxylation is 1. The van der Waals surface area contributed by atoms with Crippen LogP contribution in [-0.4, -0.2) is 54.3 Å². The Morgan fingerprint density at radius 3 is 2.32 bits per heavy atom. The number of carboxylic acid groups (broad SMARTS) is 1. The highest BCUT2D eigenvalue weighted by Crippen LogP contribution is 2.46. The lowest BCUT2D eigenvalue weighted by atomic mass is 9.98. The van der Waals surface area contributed by atoms with Gasteiger partial charge in [0.1, 0.15) is 0 Å². The quantitative estimate of drug-likeness (QED) is 0.362. The summed E-state index contributed by atoms with van der Waals surface area (Å²) in [5.41, 5.74) is 2.15. The number of amides is 1. The first-order valence-electron chi connectivity index (χ1n) is 12.6. The Hall–Kier alpha value is -4.61. The van der Waals surface area contributed by atoms with Crippen LogP contribution >= 0.6 is 0 Å². The molecular formula is C29H30F3N3O6. The number of carbonyl (C=O) groups is 2. The maximum absolute atomic E-state index is 13.6. The molecule has 4 rings (SSSR count). The SMILES string of the molecule is COc1cc(/C=C2\c3ccc(C(F)(F)F)cc3C(CC(=O)NCc3cccn3C)N2C)cc(OC)c1OCC(=O)O. The molecule has 0 aliphatic carbocycles. The number of benzene rings is 2. The largest absolute Gasteiger partial charge is 0.493 e. The fraction of sp³-hybridized carbons (Fsp3) is 0.310. The van der Waals surface area contributed by atoms with Crippen molar-refractivity contribution >= 4 is 23.6 Å². The highest BCUT2D eigenvalue weighted by atomic mass is 19.4. The summed E-state index contributed by atoms with van der Waals surface area (Å²) in [6.45, 7) is -0.328. The Morgan fingerprint density at radius 2 is 1.76 bits per heavy atom. The van der Waals surface area contributed by atoms with Crippen molar-refractivity contribution in [3.05, 3.63) is 76.6 Å². The van der Waals surface area contributed by atoms with Gasteiger partial charge in [-0.15, -0.1) is 0 Å². The number of aromatic nitrogens is 1. The van der Waals surface area contributed by atoms with Crippen molar-refractivity contribution in [3.63, 3.8) is 0 Å². The van der Waals surface area contributed by atoms with E-state index in [1.165, 1.54) is 20.3 Å². The molecule has 0 radical (unpaired) electrons. The van der Waals surface area contributed by atoms with E-state index in [1.54, 1.807) is 30.2 Å². The Kier molecular flexibility index (Phi) is 8.50. The summed E-state index contributed by atoms with van der Waals surface area (Å²) in [5.74, 6) is -0.968. The van der Waals surface area contributed by atoms with Crippen molar-refractivity contribution in [1.82, 2.24) is 14.8 Å². The van der Waals surface area contributed by atoms with E-state index in [0.717, 1.165) is 17.8 Å². The number of ether oxygens (including phenoxy) is 3. The predicted octanol–water partition coefficient (Wildman–Crippen LogP) is 4.72. The molecule has 218 valence electrons. The number of halogens is 3. The van der Waals surface area contributed by atoms with E-state index in [4.69, 9.17) is 19.3 Å². The molecule has 1 aliphatic rings. The summed E-state index contributed by atoms with van der Waals surface area (Å²) in [4.78, 5) is 25.7. The second-order valence-electron chi connectivity index (χ2n) is 9.48.